The second-order valence-electron chi connectivity index (χ2n) is 7.07. The van der Waals surface area contributed by atoms with Crippen LogP contribution in [0.5, 0.6) is 11.5 Å². The Morgan fingerprint density at radius 3 is 2.67 bits per heavy atom. The fourth-order valence-corrected chi connectivity index (χ4v) is 4.80. The van der Waals surface area contributed by atoms with Crippen LogP contribution in [0, 0.1) is 9.39 Å². The van der Waals surface area contributed by atoms with Gasteiger partial charge in [0.15, 0.2) is 18.1 Å². The molecule has 190 valence electrons. The fourth-order valence-electron chi connectivity index (χ4n) is 3.00. The summed E-state index contributed by atoms with van der Waals surface area (Å²) in [7, 11) is 1.42. The van der Waals surface area contributed by atoms with E-state index in [9.17, 15) is 23.6 Å². The van der Waals surface area contributed by atoms with Gasteiger partial charge in [0.1, 0.15) is 12.4 Å². The van der Waals surface area contributed by atoms with Crippen LogP contribution in [0.2, 0.25) is 5.02 Å². The highest BCUT2D eigenvalue weighted by atomic mass is 127. The van der Waals surface area contributed by atoms with Crippen molar-refractivity contribution in [2.75, 3.05) is 32.2 Å². The molecule has 13 heteroatoms. The SMILES string of the molecule is CCOC(=O)COc1c(I)cc(/C=C2/SC(=O)N(CC(=O)Nc3ccc(F)c(Cl)c3)C2=O)cc1OC. The monoisotopic (exact) mass is 648 g/mol. The van der Waals surface area contributed by atoms with Crippen molar-refractivity contribution in [1.82, 2.24) is 4.90 Å². The van der Waals surface area contributed by atoms with Crippen molar-refractivity contribution in [3.8, 4) is 11.5 Å². The average Bonchev–Trinajstić information content (AvgIpc) is 3.07. The zero-order chi connectivity index (χ0) is 26.4. The molecule has 2 aromatic carbocycles. The lowest BCUT2D eigenvalue weighted by atomic mass is 10.2. The van der Waals surface area contributed by atoms with Crippen molar-refractivity contribution in [3.05, 3.63) is 55.2 Å². The molecule has 1 heterocycles. The summed E-state index contributed by atoms with van der Waals surface area (Å²) in [5, 5.41) is 1.68. The summed E-state index contributed by atoms with van der Waals surface area (Å²) in [5.41, 5.74) is 0.761. The number of nitrogens with one attached hydrogen (secondary N) is 1. The zero-order valence-electron chi connectivity index (χ0n) is 18.9. The van der Waals surface area contributed by atoms with Crippen LogP contribution in [0.15, 0.2) is 35.2 Å². The minimum Gasteiger partial charge on any atom is -0.493 e. The average molecular weight is 649 g/mol. The number of hydrogen-bond acceptors (Lipinski definition) is 8. The second kappa shape index (κ2) is 12.4. The quantitative estimate of drug-likeness (QED) is 0.237. The van der Waals surface area contributed by atoms with Gasteiger partial charge in [0.2, 0.25) is 5.91 Å². The van der Waals surface area contributed by atoms with Crippen molar-refractivity contribution in [2.45, 2.75) is 6.92 Å². The number of carbonyl (C=O) groups is 4. The van der Waals surface area contributed by atoms with Gasteiger partial charge in [-0.25, -0.2) is 9.18 Å². The Morgan fingerprint density at radius 1 is 1.25 bits per heavy atom. The van der Waals surface area contributed by atoms with Gasteiger partial charge in [-0.05, 0) is 83.2 Å². The number of anilines is 1. The summed E-state index contributed by atoms with van der Waals surface area (Å²) in [6, 6.07) is 6.88. The first-order chi connectivity index (χ1) is 17.1. The molecule has 2 aromatic rings. The molecule has 1 N–H and O–H groups in total. The number of imide groups is 1. The molecule has 1 aliphatic heterocycles. The van der Waals surface area contributed by atoms with Crippen molar-refractivity contribution >= 4 is 80.7 Å². The number of benzene rings is 2. The topological polar surface area (TPSA) is 111 Å². The number of carbonyl (C=O) groups excluding carboxylic acids is 4. The maximum atomic E-state index is 13.3. The first kappa shape index (κ1) is 27.7. The number of hydrogen-bond donors (Lipinski definition) is 1. The fraction of sp³-hybridized carbons (Fsp3) is 0.217. The van der Waals surface area contributed by atoms with E-state index in [1.165, 1.54) is 25.3 Å². The van der Waals surface area contributed by atoms with E-state index in [2.05, 4.69) is 5.32 Å². The molecule has 0 aromatic heterocycles. The van der Waals surface area contributed by atoms with Gasteiger partial charge in [0.25, 0.3) is 11.1 Å². The van der Waals surface area contributed by atoms with Gasteiger partial charge in [0.05, 0.1) is 27.2 Å². The van der Waals surface area contributed by atoms with Gasteiger partial charge < -0.3 is 19.5 Å². The summed E-state index contributed by atoms with van der Waals surface area (Å²) in [6.45, 7) is 1.09. The molecule has 36 heavy (non-hydrogen) atoms. The Labute approximate surface area is 228 Å². The summed E-state index contributed by atoms with van der Waals surface area (Å²) < 4.78 is 29.6. The summed E-state index contributed by atoms with van der Waals surface area (Å²) in [4.78, 5) is 50.1. The Hall–Kier alpha value is -2.84. The van der Waals surface area contributed by atoms with Gasteiger partial charge in [-0.3, -0.25) is 19.3 Å². The molecule has 0 unspecified atom stereocenters. The Bertz CT molecular complexity index is 1260. The number of methoxy groups -OCH3 is 1. The number of nitrogens with zero attached hydrogens (tertiary/aromatic N) is 1. The van der Waals surface area contributed by atoms with E-state index in [0.29, 0.717) is 32.4 Å². The molecular formula is C23H19ClFIN2O7S. The van der Waals surface area contributed by atoms with Gasteiger partial charge in [0, 0.05) is 5.69 Å². The highest BCUT2D eigenvalue weighted by Crippen LogP contribution is 2.37. The second-order valence-corrected chi connectivity index (χ2v) is 9.64. The number of esters is 1. The molecule has 0 saturated carbocycles. The third-order valence-electron chi connectivity index (χ3n) is 4.57. The zero-order valence-corrected chi connectivity index (χ0v) is 22.7. The molecule has 0 bridgehead atoms. The van der Waals surface area contributed by atoms with Gasteiger partial charge >= 0.3 is 5.97 Å². The van der Waals surface area contributed by atoms with Crippen molar-refractivity contribution in [1.29, 1.82) is 0 Å². The molecule has 3 rings (SSSR count). The molecule has 0 radical (unpaired) electrons. The van der Waals surface area contributed by atoms with Crippen LogP contribution in [0.3, 0.4) is 0 Å². The number of ether oxygens (including phenoxy) is 3. The number of thioether (sulfide) groups is 1. The smallest absolute Gasteiger partial charge is 0.344 e. The third-order valence-corrected chi connectivity index (χ3v) is 6.57. The van der Waals surface area contributed by atoms with E-state index in [4.69, 9.17) is 25.8 Å². The lowest BCUT2D eigenvalue weighted by Crippen LogP contribution is -2.36. The van der Waals surface area contributed by atoms with Crippen molar-refractivity contribution in [2.24, 2.45) is 0 Å². The molecule has 9 nitrogen and oxygen atoms in total. The van der Waals surface area contributed by atoms with E-state index in [0.717, 1.165) is 11.0 Å². The van der Waals surface area contributed by atoms with Gasteiger partial charge in [-0.2, -0.15) is 0 Å². The van der Waals surface area contributed by atoms with Crippen LogP contribution in [-0.2, 0) is 19.1 Å². The molecule has 3 amide bonds. The lowest BCUT2D eigenvalue weighted by molar-refractivity contribution is -0.145. The molecule has 0 aliphatic carbocycles. The molecule has 1 fully saturated rings. The third kappa shape index (κ3) is 6.89. The van der Waals surface area contributed by atoms with Crippen LogP contribution in [0.1, 0.15) is 12.5 Å². The van der Waals surface area contributed by atoms with Crippen LogP contribution in [0.4, 0.5) is 14.9 Å². The summed E-state index contributed by atoms with van der Waals surface area (Å²) in [5.74, 6) is -1.83. The number of rotatable bonds is 9. The normalized spacial score (nSPS) is 14.2. The van der Waals surface area contributed by atoms with E-state index in [-0.39, 0.29) is 28.8 Å². The largest absolute Gasteiger partial charge is 0.493 e. The molecule has 0 spiro atoms. The Kier molecular flexibility index (Phi) is 9.56. The predicted molar refractivity (Wildman–Crippen MR) is 141 cm³/mol. The lowest BCUT2D eigenvalue weighted by Gasteiger charge is -2.13. The van der Waals surface area contributed by atoms with Crippen LogP contribution < -0.4 is 14.8 Å². The van der Waals surface area contributed by atoms with Crippen molar-refractivity contribution in [3.63, 3.8) is 0 Å². The van der Waals surface area contributed by atoms with Crippen molar-refractivity contribution < 1.29 is 37.8 Å². The molecule has 0 atom stereocenters. The Balaban J connectivity index is 1.72. The molecular weight excluding hydrogens is 630 g/mol. The highest BCUT2D eigenvalue weighted by molar-refractivity contribution is 14.1. The standard InChI is InChI=1S/C23H19ClFIN2O7S/c1-3-34-20(30)11-35-21-16(26)6-12(7-17(21)33-2)8-18-22(31)28(23(32)36-18)10-19(29)27-13-4-5-15(25)14(24)9-13/h4-9H,3,10-11H2,1-2H3,(H,27,29)/b18-8+. The van der Waals surface area contributed by atoms with Crippen LogP contribution in [0.25, 0.3) is 6.08 Å². The maximum Gasteiger partial charge on any atom is 0.344 e. The van der Waals surface area contributed by atoms with E-state index < -0.39 is 35.4 Å². The first-order valence-electron chi connectivity index (χ1n) is 10.3. The van der Waals surface area contributed by atoms with Gasteiger partial charge in [-0.15, -0.1) is 0 Å². The maximum absolute atomic E-state index is 13.3. The van der Waals surface area contributed by atoms with Gasteiger partial charge in [-0.1, -0.05) is 11.6 Å². The van der Waals surface area contributed by atoms with Crippen LogP contribution in [-0.4, -0.2) is 54.8 Å². The minimum atomic E-state index is -0.652. The highest BCUT2D eigenvalue weighted by Gasteiger charge is 2.36. The summed E-state index contributed by atoms with van der Waals surface area (Å²) in [6.07, 6.45) is 1.49. The minimum absolute atomic E-state index is 0.107. The number of halogens is 3. The summed E-state index contributed by atoms with van der Waals surface area (Å²) >= 11 is 8.38. The first-order valence-corrected chi connectivity index (χ1v) is 12.6. The van der Waals surface area contributed by atoms with E-state index >= 15 is 0 Å². The molecule has 1 aliphatic rings. The molecule has 1 saturated heterocycles. The number of amides is 3. The van der Waals surface area contributed by atoms with E-state index in [1.54, 1.807) is 19.1 Å². The Morgan fingerprint density at radius 2 is 2.00 bits per heavy atom. The van der Waals surface area contributed by atoms with Crippen LogP contribution >= 0.6 is 46.0 Å². The van der Waals surface area contributed by atoms with E-state index in [1.807, 2.05) is 22.6 Å². The predicted octanol–water partition coefficient (Wildman–Crippen LogP) is 4.71.